The number of nitrogen functional groups attached to an aromatic ring is 1. The lowest BCUT2D eigenvalue weighted by Crippen LogP contribution is -2.68. The molecule has 0 aliphatic carbocycles. The normalized spacial score (nSPS) is 22.0. The lowest BCUT2D eigenvalue weighted by Gasteiger charge is -2.41. The van der Waals surface area contributed by atoms with Crippen LogP contribution in [0.2, 0.25) is 5.02 Å². The first kappa shape index (κ1) is 35.0. The number of oxime groups is 1. The highest BCUT2D eigenvalue weighted by atomic mass is 35.5. The fourth-order valence-corrected chi connectivity index (χ4v) is 7.28. The third-order valence-corrected chi connectivity index (χ3v) is 10.3. The molecular weight excluding hydrogens is 714 g/mol. The number of thioether (sulfide) groups is 1. The van der Waals surface area contributed by atoms with Crippen LogP contribution >= 0.6 is 34.7 Å². The van der Waals surface area contributed by atoms with Gasteiger partial charge in [0.1, 0.15) is 22.8 Å². The first-order chi connectivity index (χ1) is 22.9. The van der Waals surface area contributed by atoms with Gasteiger partial charge in [-0.2, -0.15) is 0 Å². The molecular formula is C26H26ClN9O11S2. The minimum Gasteiger partial charge on any atom is -0.504 e. The summed E-state index contributed by atoms with van der Waals surface area (Å²) >= 11 is 7.59. The van der Waals surface area contributed by atoms with Crippen molar-refractivity contribution in [2.45, 2.75) is 35.7 Å². The molecule has 1 aromatic heterocycles. The molecule has 0 bridgehead atoms. The van der Waals surface area contributed by atoms with E-state index in [9.17, 15) is 49.2 Å². The van der Waals surface area contributed by atoms with E-state index in [1.165, 1.54) is 19.2 Å². The van der Waals surface area contributed by atoms with Crippen molar-refractivity contribution >= 4 is 86.9 Å². The van der Waals surface area contributed by atoms with E-state index in [2.05, 4.69) is 20.9 Å². The number of nitrogens with one attached hydrogen (secondary N) is 3. The molecule has 0 spiro atoms. The molecule has 0 radical (unpaired) electrons. The largest absolute Gasteiger partial charge is 0.504 e. The summed E-state index contributed by atoms with van der Waals surface area (Å²) in [6, 6.07) is -0.160. The van der Waals surface area contributed by atoms with Gasteiger partial charge in [0.25, 0.3) is 11.8 Å². The van der Waals surface area contributed by atoms with Gasteiger partial charge in [0.2, 0.25) is 16.4 Å². The number of hydrogen-bond acceptors (Lipinski definition) is 15. The van der Waals surface area contributed by atoms with Gasteiger partial charge in [-0.15, -0.1) is 11.3 Å². The molecule has 3 aliphatic heterocycles. The van der Waals surface area contributed by atoms with Crippen molar-refractivity contribution in [3.8, 4) is 11.5 Å². The number of carbonyl (C=O) groups is 6. The maximum Gasteiger partial charge on any atom is 0.350 e. The zero-order valence-corrected chi connectivity index (χ0v) is 27.6. The molecule has 5 rings (SSSR count). The SMILES string of the molecule is CC(C)(O/N=C(\C(=O)NC1C(=O)N2CC(C(=O)O)(N3CCN(NC(=O)C(=N)c4ccc(O)c(O)c4Cl)C3=O)S[C@H]12)c1csc(N)n1)C(=O)O. The summed E-state index contributed by atoms with van der Waals surface area (Å²) in [4.78, 5) is 86.0. The van der Waals surface area contributed by atoms with Crippen LogP contribution in [0.5, 0.6) is 11.5 Å². The molecule has 1 aromatic carbocycles. The number of thiazole rings is 1. The second kappa shape index (κ2) is 12.6. The van der Waals surface area contributed by atoms with Gasteiger partial charge in [-0.25, -0.2) is 24.4 Å². The monoisotopic (exact) mass is 739 g/mol. The van der Waals surface area contributed by atoms with E-state index in [1.807, 2.05) is 0 Å². The average Bonchev–Trinajstić information content (AvgIpc) is 3.74. The molecule has 260 valence electrons. The van der Waals surface area contributed by atoms with Crippen molar-refractivity contribution in [3.05, 3.63) is 33.8 Å². The molecule has 2 aromatic rings. The number of aromatic hydroxyl groups is 2. The Labute approximate surface area is 287 Å². The quantitative estimate of drug-likeness (QED) is 0.0617. The third-order valence-electron chi connectivity index (χ3n) is 7.60. The second-order valence-corrected chi connectivity index (χ2v) is 13.8. The van der Waals surface area contributed by atoms with Gasteiger partial charge in [-0.05, 0) is 26.0 Å². The van der Waals surface area contributed by atoms with Crippen LogP contribution < -0.4 is 16.5 Å². The number of amides is 5. The maximum absolute atomic E-state index is 13.4. The van der Waals surface area contributed by atoms with Crippen molar-refractivity contribution in [3.63, 3.8) is 0 Å². The molecule has 3 saturated heterocycles. The van der Waals surface area contributed by atoms with Crippen LogP contribution in [-0.4, -0.2) is 129 Å². The van der Waals surface area contributed by atoms with Crippen LogP contribution in [0, 0.1) is 5.41 Å². The smallest absolute Gasteiger partial charge is 0.350 e. The number of aliphatic carboxylic acids is 2. The number of fused-ring (bicyclic) bond motifs is 1. The molecule has 4 heterocycles. The highest BCUT2D eigenvalue weighted by Crippen LogP contribution is 2.49. The minimum atomic E-state index is -2.05. The predicted octanol–water partition coefficient (Wildman–Crippen LogP) is -0.609. The van der Waals surface area contributed by atoms with Crippen LogP contribution in [0.1, 0.15) is 25.1 Å². The Morgan fingerprint density at radius 2 is 1.88 bits per heavy atom. The van der Waals surface area contributed by atoms with Gasteiger partial charge in [0.05, 0.1) is 18.1 Å². The Morgan fingerprint density at radius 1 is 1.18 bits per heavy atom. The number of aromatic nitrogens is 1. The number of benzene rings is 1. The summed E-state index contributed by atoms with van der Waals surface area (Å²) in [7, 11) is 0. The number of urea groups is 1. The van der Waals surface area contributed by atoms with Gasteiger partial charge in [-0.3, -0.25) is 30.1 Å². The Morgan fingerprint density at radius 3 is 2.49 bits per heavy atom. The zero-order chi connectivity index (χ0) is 36.2. The van der Waals surface area contributed by atoms with Gasteiger partial charge < -0.3 is 41.2 Å². The number of halogens is 1. The standard InChI is InChI=1S/C26H26ClN9O11S2/c1-25(2,21(42)43)47-33-14(10-7-48-23(29)30-10)18(40)31-15-19(41)34-8-26(22(44)45,49-20(15)34)35-5-6-36(24(35)46)32-17(39)13(28)9-3-4-11(37)16(38)12(9)27/h3-4,7,15,20,28,37-38H,5-6,8H2,1-2H3,(H2,29,30)(H,31,40)(H,32,39)(H,42,43)(H,44,45)/b28-13?,33-14-/t15?,20-,26?/m1/s1. The number of β-lactam (4-membered cyclic amide) rings is 1. The summed E-state index contributed by atoms with van der Waals surface area (Å²) in [5.41, 5.74) is 4.41. The van der Waals surface area contributed by atoms with E-state index < -0.39 is 92.1 Å². The van der Waals surface area contributed by atoms with Crippen LogP contribution in [0.15, 0.2) is 22.7 Å². The van der Waals surface area contributed by atoms with Crippen molar-refractivity contribution in [1.82, 2.24) is 30.5 Å². The Hall–Kier alpha value is -5.35. The molecule has 49 heavy (non-hydrogen) atoms. The number of hydrogen-bond donors (Lipinski definition) is 8. The molecule has 5 amide bonds. The number of carbonyl (C=O) groups excluding carboxylic acids is 4. The first-order valence-corrected chi connectivity index (χ1v) is 16.0. The van der Waals surface area contributed by atoms with E-state index in [4.69, 9.17) is 27.6 Å². The summed E-state index contributed by atoms with van der Waals surface area (Å²) < 4.78 is 0. The van der Waals surface area contributed by atoms with Gasteiger partial charge in [0.15, 0.2) is 22.3 Å². The average molecular weight is 740 g/mol. The van der Waals surface area contributed by atoms with Crippen LogP contribution in [0.4, 0.5) is 9.93 Å². The van der Waals surface area contributed by atoms with Gasteiger partial charge >= 0.3 is 18.0 Å². The number of anilines is 1. The first-order valence-electron chi connectivity index (χ1n) is 13.8. The molecule has 3 atom stereocenters. The topological polar surface area (TPSA) is 301 Å². The van der Waals surface area contributed by atoms with Crippen LogP contribution in [-0.2, 0) is 28.8 Å². The van der Waals surface area contributed by atoms with Crippen molar-refractivity contribution in [2.24, 2.45) is 5.16 Å². The fourth-order valence-electron chi connectivity index (χ4n) is 4.84. The molecule has 2 unspecified atom stereocenters. The van der Waals surface area contributed by atoms with E-state index in [0.717, 1.165) is 38.3 Å². The lowest BCUT2D eigenvalue weighted by atomic mass is 10.1. The van der Waals surface area contributed by atoms with Crippen molar-refractivity contribution in [1.29, 1.82) is 5.41 Å². The summed E-state index contributed by atoms with van der Waals surface area (Å²) in [5.74, 6) is -7.05. The fraction of sp³-hybridized carbons (Fsp3) is 0.346. The lowest BCUT2D eigenvalue weighted by molar-refractivity contribution is -0.161. The van der Waals surface area contributed by atoms with Gasteiger partial charge in [-0.1, -0.05) is 28.5 Å². The van der Waals surface area contributed by atoms with Crippen molar-refractivity contribution < 1.29 is 54.0 Å². The second-order valence-electron chi connectivity index (χ2n) is 11.1. The number of nitrogens with two attached hydrogens (primary N) is 1. The van der Waals surface area contributed by atoms with E-state index in [-0.39, 0.29) is 29.5 Å². The summed E-state index contributed by atoms with van der Waals surface area (Å²) in [5, 5.41) is 54.1. The highest BCUT2D eigenvalue weighted by Gasteiger charge is 2.66. The molecule has 23 heteroatoms. The number of carboxylic acids is 2. The van der Waals surface area contributed by atoms with E-state index in [0.29, 0.717) is 11.8 Å². The minimum absolute atomic E-state index is 0.0530. The third kappa shape index (κ3) is 6.08. The Bertz CT molecular complexity index is 1850. The van der Waals surface area contributed by atoms with Crippen molar-refractivity contribution in [2.75, 3.05) is 25.4 Å². The number of rotatable bonds is 11. The number of phenolic OH excluding ortho intramolecular Hbond substituents is 2. The number of hydrazine groups is 1. The highest BCUT2D eigenvalue weighted by molar-refractivity contribution is 8.02. The number of nitrogens with zero attached hydrogens (tertiary/aromatic N) is 5. The maximum atomic E-state index is 13.4. The zero-order valence-electron chi connectivity index (χ0n) is 25.2. The molecule has 9 N–H and O–H groups in total. The van der Waals surface area contributed by atoms with Gasteiger partial charge in [0, 0.05) is 17.5 Å². The molecule has 0 saturated carbocycles. The Kier molecular flexibility index (Phi) is 8.99. The molecule has 3 fully saturated rings. The predicted molar refractivity (Wildman–Crippen MR) is 170 cm³/mol. The number of carboxylic acid groups (broad SMARTS) is 2. The summed E-state index contributed by atoms with van der Waals surface area (Å²) in [6.45, 7) is 1.45. The molecule has 20 nitrogen and oxygen atoms in total. The van der Waals surface area contributed by atoms with E-state index >= 15 is 0 Å². The Balaban J connectivity index is 1.30. The van der Waals surface area contributed by atoms with Crippen LogP contribution in [0.25, 0.3) is 0 Å². The van der Waals surface area contributed by atoms with Crippen LogP contribution in [0.3, 0.4) is 0 Å². The molecule has 3 aliphatic rings. The number of phenols is 2. The summed E-state index contributed by atoms with van der Waals surface area (Å²) in [6.07, 6.45) is 0. The van der Waals surface area contributed by atoms with E-state index in [1.54, 1.807) is 0 Å².